The van der Waals surface area contributed by atoms with Crippen molar-refractivity contribution >= 4 is 5.91 Å². The van der Waals surface area contributed by atoms with Gasteiger partial charge in [-0.2, -0.15) is 0 Å². The molecule has 0 aliphatic rings. The number of hydrogen-bond donors (Lipinski definition) is 1. The highest BCUT2D eigenvalue weighted by atomic mass is 16.5. The molecule has 0 fully saturated rings. The highest BCUT2D eigenvalue weighted by Crippen LogP contribution is 2.27. The van der Waals surface area contributed by atoms with Crippen LogP contribution in [0.3, 0.4) is 0 Å². The van der Waals surface area contributed by atoms with Crippen LogP contribution >= 0.6 is 0 Å². The number of likely N-dealkylation sites (N-methyl/N-ethyl adjacent to an activating group) is 1. The maximum atomic E-state index is 12.1. The second-order valence-corrected chi connectivity index (χ2v) is 4.59. The van der Waals surface area contributed by atoms with Gasteiger partial charge in [0.05, 0.1) is 26.3 Å². The van der Waals surface area contributed by atoms with Gasteiger partial charge >= 0.3 is 0 Å². The van der Waals surface area contributed by atoms with Gasteiger partial charge < -0.3 is 19.7 Å². The molecule has 112 valence electrons. The van der Waals surface area contributed by atoms with Crippen molar-refractivity contribution in [1.29, 1.82) is 0 Å². The molecule has 0 aromatic heterocycles. The molecule has 0 radical (unpaired) electrons. The van der Waals surface area contributed by atoms with Gasteiger partial charge in [-0.15, -0.1) is 0 Å². The molecule has 1 aromatic rings. The number of ether oxygens (including phenoxy) is 2. The van der Waals surface area contributed by atoms with E-state index >= 15 is 0 Å². The van der Waals surface area contributed by atoms with Crippen LogP contribution in [0, 0.1) is 0 Å². The Morgan fingerprint density at radius 2 is 2.05 bits per heavy atom. The van der Waals surface area contributed by atoms with Gasteiger partial charge in [-0.1, -0.05) is 18.2 Å². The Bertz CT molecular complexity index is 423. The molecule has 1 unspecified atom stereocenters. The molecule has 1 N–H and O–H groups in total. The summed E-state index contributed by atoms with van der Waals surface area (Å²) in [6, 6.07) is 7.71. The maximum Gasteiger partial charge on any atom is 0.236 e. The Morgan fingerprint density at radius 3 is 2.70 bits per heavy atom. The quantitative estimate of drug-likeness (QED) is 0.732. The number of nitrogens with one attached hydrogen (secondary N) is 1. The van der Waals surface area contributed by atoms with E-state index in [1.165, 1.54) is 0 Å². The molecular weight excluding hydrogens is 256 g/mol. The van der Waals surface area contributed by atoms with Gasteiger partial charge in [0.2, 0.25) is 5.91 Å². The van der Waals surface area contributed by atoms with E-state index in [9.17, 15) is 4.79 Å². The standard InChI is InChI=1S/C15H24N2O3/c1-12(13-7-5-6-8-14(13)20-4)17(2)15(18)11-16-9-10-19-3/h5-8,12,16H,9-11H2,1-4H3. The van der Waals surface area contributed by atoms with E-state index in [-0.39, 0.29) is 11.9 Å². The van der Waals surface area contributed by atoms with E-state index in [2.05, 4.69) is 5.32 Å². The molecule has 0 spiro atoms. The monoisotopic (exact) mass is 280 g/mol. The summed E-state index contributed by atoms with van der Waals surface area (Å²) in [6.45, 7) is 3.56. The molecule has 20 heavy (non-hydrogen) atoms. The van der Waals surface area contributed by atoms with Gasteiger partial charge in [-0.3, -0.25) is 4.79 Å². The van der Waals surface area contributed by atoms with Crippen LogP contribution in [-0.2, 0) is 9.53 Å². The molecular formula is C15H24N2O3. The van der Waals surface area contributed by atoms with Crippen LogP contribution in [0.4, 0.5) is 0 Å². The topological polar surface area (TPSA) is 50.8 Å². The van der Waals surface area contributed by atoms with Crippen LogP contribution in [0.15, 0.2) is 24.3 Å². The maximum absolute atomic E-state index is 12.1. The lowest BCUT2D eigenvalue weighted by Gasteiger charge is -2.26. The Hall–Kier alpha value is -1.59. The molecule has 5 heteroatoms. The highest BCUT2D eigenvalue weighted by Gasteiger charge is 2.19. The smallest absolute Gasteiger partial charge is 0.236 e. The highest BCUT2D eigenvalue weighted by molar-refractivity contribution is 5.78. The predicted octanol–water partition coefficient (Wildman–Crippen LogP) is 1.45. The van der Waals surface area contributed by atoms with Crippen molar-refractivity contribution in [3.8, 4) is 5.75 Å². The summed E-state index contributed by atoms with van der Waals surface area (Å²) in [4.78, 5) is 13.8. The number of benzene rings is 1. The number of amides is 1. The van der Waals surface area contributed by atoms with Crippen molar-refractivity contribution in [3.05, 3.63) is 29.8 Å². The molecule has 0 saturated heterocycles. The van der Waals surface area contributed by atoms with E-state index in [1.54, 1.807) is 26.2 Å². The van der Waals surface area contributed by atoms with Crippen molar-refractivity contribution in [1.82, 2.24) is 10.2 Å². The summed E-state index contributed by atoms with van der Waals surface area (Å²) in [5.74, 6) is 0.839. The first-order valence-electron chi connectivity index (χ1n) is 6.70. The van der Waals surface area contributed by atoms with E-state index in [1.807, 2.05) is 31.2 Å². The summed E-state index contributed by atoms with van der Waals surface area (Å²) in [7, 11) is 5.08. The van der Waals surface area contributed by atoms with E-state index in [0.717, 1.165) is 11.3 Å². The number of para-hydroxylation sites is 1. The first kappa shape index (κ1) is 16.5. The third-order valence-electron chi connectivity index (χ3n) is 3.32. The van der Waals surface area contributed by atoms with Crippen LogP contribution in [0.1, 0.15) is 18.5 Å². The number of methoxy groups -OCH3 is 2. The fourth-order valence-electron chi connectivity index (χ4n) is 1.93. The minimum Gasteiger partial charge on any atom is -0.496 e. The summed E-state index contributed by atoms with van der Waals surface area (Å²) in [6.07, 6.45) is 0. The SMILES string of the molecule is COCCNCC(=O)N(C)C(C)c1ccccc1OC. The minimum atomic E-state index is -0.0390. The Balaban J connectivity index is 2.61. The number of hydrogen-bond acceptors (Lipinski definition) is 4. The lowest BCUT2D eigenvalue weighted by molar-refractivity contribution is -0.130. The molecule has 0 saturated carbocycles. The fraction of sp³-hybridized carbons (Fsp3) is 0.533. The average Bonchev–Trinajstić information content (AvgIpc) is 2.49. The third-order valence-corrected chi connectivity index (χ3v) is 3.32. The zero-order valence-electron chi connectivity index (χ0n) is 12.7. The Morgan fingerprint density at radius 1 is 1.35 bits per heavy atom. The second kappa shape index (κ2) is 8.55. The lowest BCUT2D eigenvalue weighted by Crippen LogP contribution is -2.38. The molecule has 1 aromatic carbocycles. The van der Waals surface area contributed by atoms with Crippen molar-refractivity contribution < 1.29 is 14.3 Å². The van der Waals surface area contributed by atoms with Gasteiger partial charge in [-0.05, 0) is 13.0 Å². The van der Waals surface area contributed by atoms with Crippen LogP contribution in [0.2, 0.25) is 0 Å². The van der Waals surface area contributed by atoms with Crippen molar-refractivity contribution in [2.75, 3.05) is 41.0 Å². The summed E-state index contributed by atoms with van der Waals surface area (Å²) in [5.41, 5.74) is 1.00. The van der Waals surface area contributed by atoms with Crippen molar-refractivity contribution in [2.24, 2.45) is 0 Å². The molecule has 1 rings (SSSR count). The van der Waals surface area contributed by atoms with Crippen LogP contribution < -0.4 is 10.1 Å². The first-order chi connectivity index (χ1) is 9.61. The van der Waals surface area contributed by atoms with Crippen molar-refractivity contribution in [3.63, 3.8) is 0 Å². The largest absolute Gasteiger partial charge is 0.496 e. The fourth-order valence-corrected chi connectivity index (χ4v) is 1.93. The lowest BCUT2D eigenvalue weighted by atomic mass is 10.1. The molecule has 5 nitrogen and oxygen atoms in total. The van der Waals surface area contributed by atoms with Crippen molar-refractivity contribution in [2.45, 2.75) is 13.0 Å². The van der Waals surface area contributed by atoms with E-state index in [4.69, 9.17) is 9.47 Å². The second-order valence-electron chi connectivity index (χ2n) is 4.59. The van der Waals surface area contributed by atoms with Crippen LogP contribution in [0.5, 0.6) is 5.75 Å². The Labute approximate surface area is 120 Å². The summed E-state index contributed by atoms with van der Waals surface area (Å²) < 4.78 is 10.3. The molecule has 0 aliphatic carbocycles. The minimum absolute atomic E-state index is 0.0390. The van der Waals surface area contributed by atoms with Gasteiger partial charge in [0.15, 0.2) is 0 Å². The molecule has 0 heterocycles. The van der Waals surface area contributed by atoms with E-state index < -0.39 is 0 Å². The average molecular weight is 280 g/mol. The Kier molecular flexibility index (Phi) is 7.04. The zero-order chi connectivity index (χ0) is 15.0. The summed E-state index contributed by atoms with van der Waals surface area (Å²) >= 11 is 0. The van der Waals surface area contributed by atoms with Crippen LogP contribution in [0.25, 0.3) is 0 Å². The molecule has 0 bridgehead atoms. The third kappa shape index (κ3) is 4.51. The predicted molar refractivity (Wildman–Crippen MR) is 78.9 cm³/mol. The number of carbonyl (C=O) groups is 1. The van der Waals surface area contributed by atoms with E-state index in [0.29, 0.717) is 19.7 Å². The van der Waals surface area contributed by atoms with Gasteiger partial charge in [-0.25, -0.2) is 0 Å². The van der Waals surface area contributed by atoms with Gasteiger partial charge in [0.25, 0.3) is 0 Å². The molecule has 0 aliphatic heterocycles. The number of carbonyl (C=O) groups excluding carboxylic acids is 1. The number of nitrogens with zero attached hydrogens (tertiary/aromatic N) is 1. The molecule has 1 amide bonds. The summed E-state index contributed by atoms with van der Waals surface area (Å²) in [5, 5.41) is 3.05. The normalized spacial score (nSPS) is 12.0. The molecule has 1 atom stereocenters. The number of rotatable bonds is 8. The first-order valence-corrected chi connectivity index (χ1v) is 6.70. The van der Waals surface area contributed by atoms with Gasteiger partial charge in [0, 0.05) is 26.3 Å². The van der Waals surface area contributed by atoms with Crippen LogP contribution in [-0.4, -0.2) is 51.8 Å². The zero-order valence-corrected chi connectivity index (χ0v) is 12.7. The van der Waals surface area contributed by atoms with Gasteiger partial charge in [0.1, 0.15) is 5.75 Å².